The van der Waals surface area contributed by atoms with E-state index in [-0.39, 0.29) is 18.3 Å². The van der Waals surface area contributed by atoms with Crippen LogP contribution in [-0.2, 0) is 4.79 Å². The van der Waals surface area contributed by atoms with Gasteiger partial charge in [0.2, 0.25) is 0 Å². The van der Waals surface area contributed by atoms with Crippen LogP contribution in [0.15, 0.2) is 60.7 Å². The van der Waals surface area contributed by atoms with Crippen LogP contribution in [-0.4, -0.2) is 36.6 Å². The average Bonchev–Trinajstić information content (AvgIpc) is 2.60. The van der Waals surface area contributed by atoms with Gasteiger partial charge in [0.15, 0.2) is 6.61 Å². The van der Waals surface area contributed by atoms with Crippen LogP contribution < -0.4 is 4.74 Å². The first kappa shape index (κ1) is 15.9. The van der Waals surface area contributed by atoms with Gasteiger partial charge < -0.3 is 14.7 Å². The SMILES string of the molecule is CN(C)C(=O)COc1ccc2ccccc2c1-c1ccc(O)cc1. The zero-order chi connectivity index (χ0) is 17.1. The van der Waals surface area contributed by atoms with E-state index in [4.69, 9.17) is 4.74 Å². The molecule has 0 saturated carbocycles. The Hall–Kier alpha value is -3.01. The molecule has 0 spiro atoms. The number of amides is 1. The number of aromatic hydroxyl groups is 1. The van der Waals surface area contributed by atoms with Crippen LogP contribution in [0.4, 0.5) is 0 Å². The topological polar surface area (TPSA) is 49.8 Å². The van der Waals surface area contributed by atoms with Gasteiger partial charge in [-0.3, -0.25) is 4.79 Å². The molecule has 1 N–H and O–H groups in total. The zero-order valence-electron chi connectivity index (χ0n) is 13.7. The van der Waals surface area contributed by atoms with Crippen molar-refractivity contribution in [1.82, 2.24) is 4.90 Å². The molecule has 0 radical (unpaired) electrons. The third-order valence-electron chi connectivity index (χ3n) is 3.90. The molecule has 0 aliphatic heterocycles. The predicted octanol–water partition coefficient (Wildman–Crippen LogP) is 3.68. The molecular weight excluding hydrogens is 302 g/mol. The predicted molar refractivity (Wildman–Crippen MR) is 95.2 cm³/mol. The van der Waals surface area contributed by atoms with Crippen LogP contribution in [0, 0.1) is 0 Å². The number of ether oxygens (including phenoxy) is 1. The van der Waals surface area contributed by atoms with Crippen molar-refractivity contribution >= 4 is 16.7 Å². The van der Waals surface area contributed by atoms with Crippen LogP contribution in [0.2, 0.25) is 0 Å². The van der Waals surface area contributed by atoms with Crippen molar-refractivity contribution in [1.29, 1.82) is 0 Å². The highest BCUT2D eigenvalue weighted by atomic mass is 16.5. The molecule has 0 unspecified atom stereocenters. The number of phenols is 1. The second kappa shape index (κ2) is 6.62. The van der Waals surface area contributed by atoms with Crippen molar-refractivity contribution in [2.75, 3.05) is 20.7 Å². The van der Waals surface area contributed by atoms with Crippen LogP contribution >= 0.6 is 0 Å². The minimum Gasteiger partial charge on any atom is -0.508 e. The lowest BCUT2D eigenvalue weighted by Crippen LogP contribution is -2.27. The molecule has 0 saturated heterocycles. The molecular formula is C20H19NO3. The van der Waals surface area contributed by atoms with Gasteiger partial charge in [-0.1, -0.05) is 42.5 Å². The van der Waals surface area contributed by atoms with E-state index in [0.29, 0.717) is 5.75 Å². The molecule has 4 nitrogen and oxygen atoms in total. The number of hydrogen-bond acceptors (Lipinski definition) is 3. The lowest BCUT2D eigenvalue weighted by Gasteiger charge is -2.16. The lowest BCUT2D eigenvalue weighted by molar-refractivity contribution is -0.130. The van der Waals surface area contributed by atoms with Gasteiger partial charge in [0.25, 0.3) is 5.91 Å². The monoisotopic (exact) mass is 321 g/mol. The normalized spacial score (nSPS) is 10.6. The summed E-state index contributed by atoms with van der Waals surface area (Å²) < 4.78 is 5.80. The molecule has 0 aliphatic rings. The maximum atomic E-state index is 11.8. The van der Waals surface area contributed by atoms with Crippen LogP contribution in [0.5, 0.6) is 11.5 Å². The van der Waals surface area contributed by atoms with Gasteiger partial charge in [0.1, 0.15) is 11.5 Å². The highest BCUT2D eigenvalue weighted by Crippen LogP contribution is 2.37. The summed E-state index contributed by atoms with van der Waals surface area (Å²) >= 11 is 0. The second-order valence-corrected chi connectivity index (χ2v) is 5.78. The van der Waals surface area contributed by atoms with E-state index >= 15 is 0 Å². The second-order valence-electron chi connectivity index (χ2n) is 5.78. The number of phenolic OH excluding ortho intramolecular Hbond substituents is 1. The fourth-order valence-electron chi connectivity index (χ4n) is 2.57. The molecule has 4 heteroatoms. The van der Waals surface area contributed by atoms with E-state index in [1.165, 1.54) is 4.90 Å². The highest BCUT2D eigenvalue weighted by Gasteiger charge is 2.13. The van der Waals surface area contributed by atoms with Gasteiger partial charge in [-0.25, -0.2) is 0 Å². The van der Waals surface area contributed by atoms with Crippen molar-refractivity contribution in [3.63, 3.8) is 0 Å². The first-order chi connectivity index (χ1) is 11.6. The first-order valence-electron chi connectivity index (χ1n) is 7.70. The fraction of sp³-hybridized carbons (Fsp3) is 0.150. The third-order valence-corrected chi connectivity index (χ3v) is 3.90. The number of nitrogens with zero attached hydrogens (tertiary/aromatic N) is 1. The van der Waals surface area contributed by atoms with Gasteiger partial charge in [0.05, 0.1) is 0 Å². The number of carbonyl (C=O) groups excluding carboxylic acids is 1. The van der Waals surface area contributed by atoms with Crippen molar-refractivity contribution in [3.8, 4) is 22.6 Å². The number of likely N-dealkylation sites (N-methyl/N-ethyl adjacent to an activating group) is 1. The Morgan fingerprint density at radius 2 is 1.71 bits per heavy atom. The van der Waals surface area contributed by atoms with E-state index < -0.39 is 0 Å². The van der Waals surface area contributed by atoms with Gasteiger partial charge >= 0.3 is 0 Å². The van der Waals surface area contributed by atoms with E-state index in [9.17, 15) is 9.90 Å². The summed E-state index contributed by atoms with van der Waals surface area (Å²) in [6, 6.07) is 18.9. The van der Waals surface area contributed by atoms with E-state index in [0.717, 1.165) is 21.9 Å². The van der Waals surface area contributed by atoms with Crippen LogP contribution in [0.25, 0.3) is 21.9 Å². The smallest absolute Gasteiger partial charge is 0.259 e. The van der Waals surface area contributed by atoms with Gasteiger partial charge in [-0.05, 0) is 34.5 Å². The minimum absolute atomic E-state index is 0.0174. The molecule has 0 heterocycles. The molecule has 122 valence electrons. The molecule has 0 fully saturated rings. The molecule has 1 amide bonds. The van der Waals surface area contributed by atoms with E-state index in [1.807, 2.05) is 48.5 Å². The molecule has 3 rings (SSSR count). The quantitative estimate of drug-likeness (QED) is 0.797. The summed E-state index contributed by atoms with van der Waals surface area (Å²) in [5.74, 6) is 0.763. The zero-order valence-corrected chi connectivity index (χ0v) is 13.7. The van der Waals surface area contributed by atoms with Crippen molar-refractivity contribution < 1.29 is 14.6 Å². The highest BCUT2D eigenvalue weighted by molar-refractivity contribution is 6.00. The summed E-state index contributed by atoms with van der Waals surface area (Å²) in [6.07, 6.45) is 0. The van der Waals surface area contributed by atoms with Gasteiger partial charge in [-0.2, -0.15) is 0 Å². The largest absolute Gasteiger partial charge is 0.508 e. The summed E-state index contributed by atoms with van der Waals surface area (Å²) in [5, 5.41) is 11.7. The Morgan fingerprint density at radius 1 is 1.00 bits per heavy atom. The maximum Gasteiger partial charge on any atom is 0.259 e. The molecule has 3 aromatic carbocycles. The summed E-state index contributed by atoms with van der Waals surface area (Å²) in [7, 11) is 3.40. The molecule has 0 bridgehead atoms. The Kier molecular flexibility index (Phi) is 4.38. The van der Waals surface area contributed by atoms with Crippen LogP contribution in [0.1, 0.15) is 0 Å². The number of rotatable bonds is 4. The minimum atomic E-state index is -0.0974. The van der Waals surface area contributed by atoms with Gasteiger partial charge in [-0.15, -0.1) is 0 Å². The Morgan fingerprint density at radius 3 is 2.42 bits per heavy atom. The van der Waals surface area contributed by atoms with E-state index in [2.05, 4.69) is 0 Å². The van der Waals surface area contributed by atoms with E-state index in [1.54, 1.807) is 26.2 Å². The average molecular weight is 321 g/mol. The first-order valence-corrected chi connectivity index (χ1v) is 7.70. The Labute approximate surface area is 140 Å². The number of carbonyl (C=O) groups is 1. The summed E-state index contributed by atoms with van der Waals surface area (Å²) in [6.45, 7) is -0.0174. The molecule has 0 aliphatic carbocycles. The molecule has 3 aromatic rings. The van der Waals surface area contributed by atoms with Crippen molar-refractivity contribution in [2.24, 2.45) is 0 Å². The molecule has 0 aromatic heterocycles. The maximum absolute atomic E-state index is 11.8. The summed E-state index contributed by atoms with van der Waals surface area (Å²) in [5.41, 5.74) is 1.84. The molecule has 24 heavy (non-hydrogen) atoms. The van der Waals surface area contributed by atoms with Crippen molar-refractivity contribution in [3.05, 3.63) is 60.7 Å². The summed E-state index contributed by atoms with van der Waals surface area (Å²) in [4.78, 5) is 13.3. The number of hydrogen-bond donors (Lipinski definition) is 1. The third kappa shape index (κ3) is 3.18. The fourth-order valence-corrected chi connectivity index (χ4v) is 2.57. The Balaban J connectivity index is 2.09. The van der Waals surface area contributed by atoms with Crippen molar-refractivity contribution in [2.45, 2.75) is 0 Å². The molecule has 0 atom stereocenters. The van der Waals surface area contributed by atoms with Gasteiger partial charge in [0, 0.05) is 19.7 Å². The number of benzene rings is 3. The number of fused-ring (bicyclic) bond motifs is 1. The lowest BCUT2D eigenvalue weighted by atomic mass is 9.97. The van der Waals surface area contributed by atoms with Crippen LogP contribution in [0.3, 0.4) is 0 Å². The standard InChI is InChI=1S/C20H19NO3/c1-21(2)19(23)13-24-18-12-9-14-5-3-4-6-17(14)20(18)15-7-10-16(22)11-8-15/h3-12,22H,13H2,1-2H3. The Bertz CT molecular complexity index is 870.